The first kappa shape index (κ1) is 19.2. The smallest absolute Gasteiger partial charge is 0.240 e. The second-order valence-corrected chi connectivity index (χ2v) is 8.47. The maximum atomic E-state index is 13.7. The number of hydrogen-bond donors (Lipinski definition) is 1. The van der Waals surface area contributed by atoms with E-state index in [1.807, 2.05) is 28.1 Å². The van der Waals surface area contributed by atoms with Gasteiger partial charge in [0.15, 0.2) is 0 Å². The van der Waals surface area contributed by atoms with Crippen LogP contribution in [0.3, 0.4) is 0 Å². The van der Waals surface area contributed by atoms with E-state index in [1.165, 1.54) is 31.4 Å². The lowest BCUT2D eigenvalue weighted by Gasteiger charge is -2.33. The third-order valence-corrected chi connectivity index (χ3v) is 6.49. The Morgan fingerprint density at radius 1 is 1.29 bits per heavy atom. The number of hydrogen-bond acceptors (Lipinski definition) is 3. The molecule has 1 N–H and O–H groups in total. The van der Waals surface area contributed by atoms with Gasteiger partial charge in [0, 0.05) is 30.0 Å². The van der Waals surface area contributed by atoms with Crippen molar-refractivity contribution in [1.82, 2.24) is 14.8 Å². The van der Waals surface area contributed by atoms with Crippen LogP contribution in [0, 0.1) is 5.82 Å². The molecule has 4 nitrogen and oxygen atoms in total. The number of fused-ring (bicyclic) bond motifs is 1. The minimum absolute atomic E-state index is 0.00991. The van der Waals surface area contributed by atoms with Crippen molar-refractivity contribution in [3.05, 3.63) is 47.6 Å². The lowest BCUT2D eigenvalue weighted by molar-refractivity contribution is -0.121. The Balaban J connectivity index is 1.47. The summed E-state index contributed by atoms with van der Waals surface area (Å²) < 4.78 is 15.7. The molecule has 0 aliphatic carbocycles. The number of likely N-dealkylation sites (tertiary alicyclic amines) is 1. The first-order valence-corrected chi connectivity index (χ1v) is 10.8. The highest BCUT2D eigenvalue weighted by atomic mass is 32.1. The monoisotopic (exact) mass is 399 g/mol. The van der Waals surface area contributed by atoms with Crippen LogP contribution in [0.5, 0.6) is 0 Å². The molecular formula is C22H26FN3OS. The Kier molecular flexibility index (Phi) is 5.78. The molecule has 0 unspecified atom stereocenters. The van der Waals surface area contributed by atoms with E-state index < -0.39 is 0 Å². The molecule has 0 radical (unpaired) electrons. The average Bonchev–Trinajstić information content (AvgIpc) is 3.31. The van der Waals surface area contributed by atoms with Crippen LogP contribution in [0.2, 0.25) is 0 Å². The predicted molar refractivity (Wildman–Crippen MR) is 113 cm³/mol. The first-order chi connectivity index (χ1) is 13.6. The SMILES string of the molecule is C[C@H]1CCCCN1CCNC(=O)Cn1c(-c2cccs2)cc2cc(F)ccc21. The quantitative estimate of drug-likeness (QED) is 0.663. The molecule has 3 heterocycles. The Labute approximate surface area is 169 Å². The van der Waals surface area contributed by atoms with Crippen molar-refractivity contribution < 1.29 is 9.18 Å². The van der Waals surface area contributed by atoms with Crippen molar-refractivity contribution in [1.29, 1.82) is 0 Å². The minimum atomic E-state index is -0.262. The van der Waals surface area contributed by atoms with Crippen molar-refractivity contribution in [2.45, 2.75) is 38.8 Å². The van der Waals surface area contributed by atoms with E-state index in [2.05, 4.69) is 17.1 Å². The van der Waals surface area contributed by atoms with E-state index in [1.54, 1.807) is 17.4 Å². The van der Waals surface area contributed by atoms with E-state index in [4.69, 9.17) is 0 Å². The van der Waals surface area contributed by atoms with Crippen LogP contribution in [-0.2, 0) is 11.3 Å². The van der Waals surface area contributed by atoms with Crippen molar-refractivity contribution in [3.63, 3.8) is 0 Å². The molecule has 28 heavy (non-hydrogen) atoms. The standard InChI is InChI=1S/C22H26FN3OS/c1-16-5-2-3-10-25(16)11-9-24-22(27)15-26-19-8-7-18(23)13-17(19)14-20(26)21-6-4-12-28-21/h4,6-8,12-14,16H,2-3,5,9-11,15H2,1H3,(H,24,27)/t16-/m0/s1. The fourth-order valence-electron chi connectivity index (χ4n) is 4.07. The molecule has 3 aromatic rings. The van der Waals surface area contributed by atoms with Crippen LogP contribution in [-0.4, -0.2) is 41.1 Å². The predicted octanol–water partition coefficient (Wildman–Crippen LogP) is 4.50. The van der Waals surface area contributed by atoms with Gasteiger partial charge in [-0.25, -0.2) is 4.39 Å². The molecule has 1 amide bonds. The number of nitrogens with one attached hydrogen (secondary N) is 1. The summed E-state index contributed by atoms with van der Waals surface area (Å²) in [6.45, 7) is 5.17. The Hall–Kier alpha value is -2.18. The molecule has 0 saturated carbocycles. The Bertz CT molecular complexity index is 950. The molecule has 0 bridgehead atoms. The Morgan fingerprint density at radius 2 is 2.18 bits per heavy atom. The average molecular weight is 400 g/mol. The van der Waals surface area contributed by atoms with Crippen molar-refractivity contribution in [2.24, 2.45) is 0 Å². The summed E-state index contributed by atoms with van der Waals surface area (Å²) in [4.78, 5) is 16.2. The van der Waals surface area contributed by atoms with Gasteiger partial charge in [0.2, 0.25) is 5.91 Å². The van der Waals surface area contributed by atoms with Crippen LogP contribution in [0.15, 0.2) is 41.8 Å². The van der Waals surface area contributed by atoms with E-state index in [0.717, 1.165) is 34.6 Å². The molecule has 0 spiro atoms. The van der Waals surface area contributed by atoms with E-state index >= 15 is 0 Å². The second-order valence-electron chi connectivity index (χ2n) is 7.53. The topological polar surface area (TPSA) is 37.3 Å². The minimum Gasteiger partial charge on any atom is -0.353 e. The van der Waals surface area contributed by atoms with Gasteiger partial charge in [-0.15, -0.1) is 11.3 Å². The molecule has 1 aromatic carbocycles. The molecule has 6 heteroatoms. The van der Waals surface area contributed by atoms with Crippen LogP contribution in [0.1, 0.15) is 26.2 Å². The Morgan fingerprint density at radius 3 is 2.96 bits per heavy atom. The maximum absolute atomic E-state index is 13.7. The summed E-state index contributed by atoms with van der Waals surface area (Å²) in [7, 11) is 0. The number of thiophene rings is 1. The molecule has 1 saturated heterocycles. The van der Waals surface area contributed by atoms with Crippen molar-refractivity contribution in [3.8, 4) is 10.6 Å². The van der Waals surface area contributed by atoms with Gasteiger partial charge >= 0.3 is 0 Å². The fraction of sp³-hybridized carbons (Fsp3) is 0.409. The molecule has 1 aliphatic rings. The van der Waals surface area contributed by atoms with Crippen molar-refractivity contribution >= 4 is 28.1 Å². The van der Waals surface area contributed by atoms with Gasteiger partial charge in [-0.3, -0.25) is 9.69 Å². The van der Waals surface area contributed by atoms with E-state index in [0.29, 0.717) is 12.6 Å². The van der Waals surface area contributed by atoms with Gasteiger partial charge in [0.25, 0.3) is 0 Å². The number of nitrogens with zero attached hydrogens (tertiary/aromatic N) is 2. The highest BCUT2D eigenvalue weighted by Crippen LogP contribution is 2.31. The van der Waals surface area contributed by atoms with Crippen molar-refractivity contribution in [2.75, 3.05) is 19.6 Å². The molecule has 1 atom stereocenters. The highest BCUT2D eigenvalue weighted by molar-refractivity contribution is 7.13. The molecule has 148 valence electrons. The number of carbonyl (C=O) groups excluding carboxylic acids is 1. The molecule has 2 aromatic heterocycles. The molecule has 1 fully saturated rings. The number of halogens is 1. The first-order valence-electron chi connectivity index (χ1n) is 9.95. The van der Waals surface area contributed by atoms with Crippen LogP contribution in [0.25, 0.3) is 21.5 Å². The maximum Gasteiger partial charge on any atom is 0.240 e. The zero-order chi connectivity index (χ0) is 19.5. The van der Waals surface area contributed by atoms with Gasteiger partial charge in [0.1, 0.15) is 12.4 Å². The number of amides is 1. The summed E-state index contributed by atoms with van der Waals surface area (Å²) in [6.07, 6.45) is 3.79. The largest absolute Gasteiger partial charge is 0.353 e. The lowest BCUT2D eigenvalue weighted by Crippen LogP contribution is -2.42. The summed E-state index contributed by atoms with van der Waals surface area (Å²) in [6, 6.07) is 11.3. The highest BCUT2D eigenvalue weighted by Gasteiger charge is 2.18. The number of aromatic nitrogens is 1. The van der Waals surface area contributed by atoms with Crippen LogP contribution >= 0.6 is 11.3 Å². The fourth-order valence-corrected chi connectivity index (χ4v) is 4.82. The van der Waals surface area contributed by atoms with Gasteiger partial charge in [-0.2, -0.15) is 0 Å². The third kappa shape index (κ3) is 4.13. The second kappa shape index (κ2) is 8.45. The van der Waals surface area contributed by atoms with Gasteiger partial charge in [-0.05, 0) is 62.0 Å². The molecule has 1 aliphatic heterocycles. The van der Waals surface area contributed by atoms with Gasteiger partial charge in [-0.1, -0.05) is 12.5 Å². The van der Waals surface area contributed by atoms with Gasteiger partial charge in [0.05, 0.1) is 10.6 Å². The summed E-state index contributed by atoms with van der Waals surface area (Å²) in [5, 5.41) is 5.89. The normalized spacial score (nSPS) is 17.9. The summed E-state index contributed by atoms with van der Waals surface area (Å²) in [5.74, 6) is -0.272. The zero-order valence-corrected chi connectivity index (χ0v) is 17.0. The number of rotatable bonds is 6. The van der Waals surface area contributed by atoms with E-state index in [-0.39, 0.29) is 18.3 Å². The van der Waals surface area contributed by atoms with Crippen LogP contribution < -0.4 is 5.32 Å². The van der Waals surface area contributed by atoms with Crippen LogP contribution in [0.4, 0.5) is 4.39 Å². The zero-order valence-electron chi connectivity index (χ0n) is 16.2. The van der Waals surface area contributed by atoms with Gasteiger partial charge < -0.3 is 9.88 Å². The molecule has 4 rings (SSSR count). The number of piperidine rings is 1. The number of benzene rings is 1. The third-order valence-electron chi connectivity index (χ3n) is 5.60. The summed E-state index contributed by atoms with van der Waals surface area (Å²) in [5.41, 5.74) is 1.83. The number of carbonyl (C=O) groups is 1. The lowest BCUT2D eigenvalue weighted by atomic mass is 10.0. The molecular weight excluding hydrogens is 373 g/mol. The van der Waals surface area contributed by atoms with E-state index in [9.17, 15) is 9.18 Å². The summed E-state index contributed by atoms with van der Waals surface area (Å²) >= 11 is 1.62.